The van der Waals surface area contributed by atoms with Crippen molar-refractivity contribution in [2.24, 2.45) is 5.92 Å². The molecule has 6 nitrogen and oxygen atoms in total. The number of rotatable bonds is 3. The molecule has 1 aliphatic heterocycles. The Bertz CT molecular complexity index is 890. The molecule has 1 unspecified atom stereocenters. The Morgan fingerprint density at radius 3 is 2.48 bits per heavy atom. The molecule has 1 aromatic carbocycles. The molecule has 132 valence electrons. The lowest BCUT2D eigenvalue weighted by atomic mass is 10.00. The van der Waals surface area contributed by atoms with Crippen molar-refractivity contribution in [2.45, 2.75) is 38.8 Å². The number of carbonyl (C=O) groups excluding carboxylic acids is 1. The predicted octanol–water partition coefficient (Wildman–Crippen LogP) is 1.98. The van der Waals surface area contributed by atoms with E-state index in [9.17, 15) is 18.8 Å². The molecule has 25 heavy (non-hydrogen) atoms. The van der Waals surface area contributed by atoms with Crippen LogP contribution in [0.5, 0.6) is 0 Å². The van der Waals surface area contributed by atoms with E-state index in [0.29, 0.717) is 11.0 Å². The van der Waals surface area contributed by atoms with Gasteiger partial charge in [0, 0.05) is 23.7 Å². The first-order valence-electron chi connectivity index (χ1n) is 8.19. The number of benzene rings is 1. The van der Waals surface area contributed by atoms with Crippen molar-refractivity contribution in [2.75, 3.05) is 0 Å². The number of aromatic nitrogens is 2. The Kier molecular flexibility index (Phi) is 4.67. The number of halogens is 1. The largest absolute Gasteiger partial charge is 0.351 e. The molecule has 0 amide bonds. The van der Waals surface area contributed by atoms with Gasteiger partial charge in [-0.1, -0.05) is 32.0 Å². The fourth-order valence-corrected chi connectivity index (χ4v) is 3.11. The number of ether oxygens (including phenoxy) is 1. The zero-order chi connectivity index (χ0) is 18.1. The summed E-state index contributed by atoms with van der Waals surface area (Å²) in [6, 6.07) is 9.06. The molecule has 1 saturated heterocycles. The molecule has 0 radical (unpaired) electrons. The van der Waals surface area contributed by atoms with Gasteiger partial charge in [-0.25, -0.2) is 9.18 Å². The van der Waals surface area contributed by atoms with Gasteiger partial charge < -0.3 is 4.74 Å². The predicted molar refractivity (Wildman–Crippen MR) is 89.4 cm³/mol. The van der Waals surface area contributed by atoms with Crippen LogP contribution in [0.25, 0.3) is 0 Å². The van der Waals surface area contributed by atoms with Crippen molar-refractivity contribution in [3.05, 3.63) is 69.0 Å². The summed E-state index contributed by atoms with van der Waals surface area (Å²) in [6.07, 6.45) is -1.09. The highest BCUT2D eigenvalue weighted by molar-refractivity contribution is 5.95. The monoisotopic (exact) mass is 346 g/mol. The van der Waals surface area contributed by atoms with Gasteiger partial charge in [-0.15, -0.1) is 0 Å². The maximum atomic E-state index is 14.6. The van der Waals surface area contributed by atoms with Gasteiger partial charge in [0.05, 0.1) is 6.10 Å². The molecule has 4 atom stereocenters. The summed E-state index contributed by atoms with van der Waals surface area (Å²) in [4.78, 5) is 37.3. The van der Waals surface area contributed by atoms with Crippen LogP contribution >= 0.6 is 0 Å². The second-order valence-corrected chi connectivity index (χ2v) is 6.13. The number of nitrogens with zero attached hydrogens (tertiary/aromatic N) is 2. The van der Waals surface area contributed by atoms with E-state index in [1.165, 1.54) is 18.3 Å². The van der Waals surface area contributed by atoms with Crippen LogP contribution in [-0.2, 0) is 4.74 Å². The summed E-state index contributed by atoms with van der Waals surface area (Å²) < 4.78 is 21.7. The molecular weight excluding hydrogens is 327 g/mol. The normalized spacial score (nSPS) is 25.9. The first kappa shape index (κ1) is 17.3. The van der Waals surface area contributed by atoms with Crippen molar-refractivity contribution >= 4 is 5.91 Å². The smallest absolute Gasteiger partial charge is 0.340 e. The highest BCUT2D eigenvalue weighted by Crippen LogP contribution is 2.36. The lowest BCUT2D eigenvalue weighted by Gasteiger charge is -2.17. The van der Waals surface area contributed by atoms with Crippen LogP contribution in [0.15, 0.2) is 52.2 Å². The van der Waals surface area contributed by atoms with Crippen LogP contribution in [-0.4, -0.2) is 27.3 Å². The van der Waals surface area contributed by atoms with Gasteiger partial charge in [0.25, 0.3) is 11.5 Å². The van der Waals surface area contributed by atoms with Gasteiger partial charge in [-0.05, 0) is 18.6 Å². The molecule has 0 bridgehead atoms. The van der Waals surface area contributed by atoms with Crippen LogP contribution < -0.4 is 11.2 Å². The van der Waals surface area contributed by atoms with Crippen molar-refractivity contribution in [1.82, 2.24) is 9.13 Å². The van der Waals surface area contributed by atoms with E-state index in [-0.39, 0.29) is 17.6 Å². The zero-order valence-electron chi connectivity index (χ0n) is 14.0. The third-order valence-electron chi connectivity index (χ3n) is 4.59. The summed E-state index contributed by atoms with van der Waals surface area (Å²) in [5, 5.41) is 0. The van der Waals surface area contributed by atoms with E-state index in [2.05, 4.69) is 0 Å². The molecule has 0 aliphatic carbocycles. The summed E-state index contributed by atoms with van der Waals surface area (Å²) in [5.41, 5.74) is -1.47. The second-order valence-electron chi connectivity index (χ2n) is 6.13. The first-order valence-corrected chi connectivity index (χ1v) is 8.19. The molecule has 7 heteroatoms. The molecule has 0 N–H and O–H groups in total. The average molecular weight is 346 g/mol. The lowest BCUT2D eigenvalue weighted by molar-refractivity contribution is -0.0241. The molecule has 0 spiro atoms. The lowest BCUT2D eigenvalue weighted by Crippen LogP contribution is -2.45. The maximum Gasteiger partial charge on any atom is 0.340 e. The van der Waals surface area contributed by atoms with E-state index in [1.807, 2.05) is 6.92 Å². The SMILES string of the molecule is CC[C@H]1O[C@@H](n2ccc(=O)n(C(=O)c3ccccc3)c2=O)[C@@H](F)C1C. The van der Waals surface area contributed by atoms with Gasteiger partial charge in [0.2, 0.25) is 0 Å². The number of alkyl halides is 1. The van der Waals surface area contributed by atoms with E-state index < -0.39 is 29.6 Å². The van der Waals surface area contributed by atoms with E-state index >= 15 is 0 Å². The number of hydrogen-bond donors (Lipinski definition) is 0. The van der Waals surface area contributed by atoms with Crippen LogP contribution in [0.4, 0.5) is 4.39 Å². The summed E-state index contributed by atoms with van der Waals surface area (Å²) in [5.74, 6) is -1.13. The highest BCUT2D eigenvalue weighted by atomic mass is 19.1. The minimum Gasteiger partial charge on any atom is -0.351 e. The van der Waals surface area contributed by atoms with Crippen molar-refractivity contribution in [3.8, 4) is 0 Å². The third-order valence-corrected chi connectivity index (χ3v) is 4.59. The minimum atomic E-state index is -1.40. The van der Waals surface area contributed by atoms with Crippen LogP contribution in [0.1, 0.15) is 36.9 Å². The van der Waals surface area contributed by atoms with Crippen molar-refractivity contribution in [1.29, 1.82) is 0 Å². The molecule has 2 aromatic rings. The Labute approximate surface area is 143 Å². The molecule has 1 fully saturated rings. The van der Waals surface area contributed by atoms with Crippen LogP contribution in [0.3, 0.4) is 0 Å². The van der Waals surface area contributed by atoms with E-state index in [4.69, 9.17) is 4.74 Å². The van der Waals surface area contributed by atoms with E-state index in [0.717, 1.165) is 10.6 Å². The van der Waals surface area contributed by atoms with Gasteiger partial charge in [-0.3, -0.25) is 14.2 Å². The van der Waals surface area contributed by atoms with Gasteiger partial charge in [0.15, 0.2) is 12.4 Å². The fraction of sp³-hybridized carbons (Fsp3) is 0.389. The van der Waals surface area contributed by atoms with Crippen molar-refractivity contribution in [3.63, 3.8) is 0 Å². The fourth-order valence-electron chi connectivity index (χ4n) is 3.11. The topological polar surface area (TPSA) is 70.3 Å². The summed E-state index contributed by atoms with van der Waals surface area (Å²) in [6.45, 7) is 3.59. The standard InChI is InChI=1S/C18H19FN2O4/c1-3-13-11(2)15(19)17(25-13)20-10-9-14(22)21(18(20)24)16(23)12-7-5-4-6-8-12/h4-11,13,15,17H,3H2,1-2H3/t11?,13-,15+,17-/m1/s1. The maximum absolute atomic E-state index is 14.6. The van der Waals surface area contributed by atoms with Crippen molar-refractivity contribution < 1.29 is 13.9 Å². The Hall–Kier alpha value is -2.54. The van der Waals surface area contributed by atoms with Gasteiger partial charge in [-0.2, -0.15) is 4.57 Å². The third kappa shape index (κ3) is 2.95. The zero-order valence-corrected chi connectivity index (χ0v) is 14.0. The Morgan fingerprint density at radius 1 is 1.20 bits per heavy atom. The molecule has 3 rings (SSSR count). The Balaban J connectivity index is 2.06. The summed E-state index contributed by atoms with van der Waals surface area (Å²) >= 11 is 0. The van der Waals surface area contributed by atoms with Gasteiger partial charge in [0.1, 0.15) is 0 Å². The number of hydrogen-bond acceptors (Lipinski definition) is 4. The molecule has 2 heterocycles. The first-order chi connectivity index (χ1) is 12.0. The Morgan fingerprint density at radius 2 is 1.88 bits per heavy atom. The average Bonchev–Trinajstić information content (AvgIpc) is 2.90. The van der Waals surface area contributed by atoms with E-state index in [1.54, 1.807) is 25.1 Å². The van der Waals surface area contributed by atoms with Gasteiger partial charge >= 0.3 is 5.69 Å². The molecule has 1 aliphatic rings. The van der Waals surface area contributed by atoms with Crippen LogP contribution in [0.2, 0.25) is 0 Å². The second kappa shape index (κ2) is 6.76. The minimum absolute atomic E-state index is 0.198. The molecule has 0 saturated carbocycles. The van der Waals surface area contributed by atoms with Crippen LogP contribution in [0, 0.1) is 5.92 Å². The molecule has 1 aromatic heterocycles. The highest BCUT2D eigenvalue weighted by Gasteiger charge is 2.43. The number of carbonyl (C=O) groups is 1. The molecular formula is C18H19FN2O4. The quantitative estimate of drug-likeness (QED) is 0.852. The summed E-state index contributed by atoms with van der Waals surface area (Å²) in [7, 11) is 0.